The molecule has 1 atom stereocenters. The summed E-state index contributed by atoms with van der Waals surface area (Å²) in [4.78, 5) is 25.0. The maximum Gasteiger partial charge on any atom is 0.417 e. The van der Waals surface area contributed by atoms with Gasteiger partial charge in [-0.25, -0.2) is 0 Å². The van der Waals surface area contributed by atoms with Gasteiger partial charge in [0.2, 0.25) is 5.91 Å². The van der Waals surface area contributed by atoms with Crippen LogP contribution >= 0.6 is 11.6 Å². The molecule has 188 valence electrons. The van der Waals surface area contributed by atoms with E-state index < -0.39 is 52.3 Å². The van der Waals surface area contributed by atoms with Crippen molar-refractivity contribution in [1.82, 2.24) is 5.01 Å². The van der Waals surface area contributed by atoms with Gasteiger partial charge in [-0.3, -0.25) is 14.6 Å². The van der Waals surface area contributed by atoms with E-state index in [1.165, 1.54) is 11.9 Å². The van der Waals surface area contributed by atoms with Gasteiger partial charge in [-0.1, -0.05) is 17.7 Å². The van der Waals surface area contributed by atoms with Crippen molar-refractivity contribution in [2.45, 2.75) is 19.3 Å². The van der Waals surface area contributed by atoms with Crippen LogP contribution in [0.4, 0.5) is 32.0 Å². The number of carbonyl (C=O) groups is 2. The van der Waals surface area contributed by atoms with Gasteiger partial charge in [0.05, 0.1) is 35.5 Å². The Morgan fingerprint density at radius 1 is 1.09 bits per heavy atom. The highest BCUT2D eigenvalue weighted by atomic mass is 35.5. The molecule has 0 saturated carbocycles. The Kier molecular flexibility index (Phi) is 7.07. The number of hydrazone groups is 1. The van der Waals surface area contributed by atoms with Gasteiger partial charge in [0.15, 0.2) is 0 Å². The molecule has 2 aromatic carbocycles. The second-order valence-electron chi connectivity index (χ2n) is 7.91. The van der Waals surface area contributed by atoms with Gasteiger partial charge in [-0.05, 0) is 43.3 Å². The fraction of sp³-hybridized carbons (Fsp3) is 0.318. The van der Waals surface area contributed by atoms with Gasteiger partial charge < -0.3 is 10.1 Å². The molecule has 3 rings (SSSR count). The molecule has 1 unspecified atom stereocenters. The summed E-state index contributed by atoms with van der Waals surface area (Å²) in [5.41, 5.74) is -3.10. The molecule has 13 heteroatoms. The number of anilines is 1. The van der Waals surface area contributed by atoms with Crippen molar-refractivity contribution in [3.63, 3.8) is 0 Å². The van der Waals surface area contributed by atoms with Gasteiger partial charge in [-0.15, -0.1) is 0 Å². The van der Waals surface area contributed by atoms with E-state index in [2.05, 4.69) is 10.4 Å². The molecule has 0 fully saturated rings. The number of halogens is 7. The zero-order valence-corrected chi connectivity index (χ0v) is 19.0. The molecule has 0 saturated heterocycles. The number of hydrogen-bond donors (Lipinski definition) is 1. The molecule has 1 amide bonds. The summed E-state index contributed by atoms with van der Waals surface area (Å²) >= 11 is 5.81. The quantitative estimate of drug-likeness (QED) is 0.433. The van der Waals surface area contributed by atoms with Crippen LogP contribution in [-0.2, 0) is 26.7 Å². The van der Waals surface area contributed by atoms with E-state index in [4.69, 9.17) is 16.3 Å². The van der Waals surface area contributed by atoms with E-state index in [-0.39, 0.29) is 23.5 Å². The van der Waals surface area contributed by atoms with Crippen LogP contribution in [0.1, 0.15) is 23.6 Å². The molecule has 2 aromatic rings. The Labute approximate surface area is 200 Å². The number of alkyl halides is 6. The second kappa shape index (κ2) is 9.40. The minimum atomic E-state index is -4.68. The van der Waals surface area contributed by atoms with Crippen LogP contribution < -0.4 is 5.32 Å². The molecule has 0 aromatic heterocycles. The van der Waals surface area contributed by atoms with Crippen LogP contribution in [0.3, 0.4) is 0 Å². The van der Waals surface area contributed by atoms with E-state index >= 15 is 0 Å². The smallest absolute Gasteiger partial charge is 0.417 e. The lowest BCUT2D eigenvalue weighted by Gasteiger charge is -2.24. The van der Waals surface area contributed by atoms with Gasteiger partial charge >= 0.3 is 18.3 Å². The highest BCUT2D eigenvalue weighted by Crippen LogP contribution is 2.38. The normalized spacial score (nSPS) is 18.3. The average molecular weight is 522 g/mol. The SMILES string of the molecule is COC(=O)C1(C)CN(CC(=O)Nc2ccc(C(F)(F)F)cc2)N=C1c1ccc(C(F)(F)F)c(Cl)c1. The number of amides is 1. The molecular weight excluding hydrogens is 504 g/mol. The summed E-state index contributed by atoms with van der Waals surface area (Å²) in [7, 11) is 1.13. The first-order valence-corrected chi connectivity index (χ1v) is 10.3. The molecule has 0 spiro atoms. The standard InChI is InChI=1S/C22H18ClF6N3O3/c1-20(19(34)35-2)11-32(10-17(33)30-14-6-4-13(5-7-14)21(24,25)26)31-18(20)12-3-8-15(16(23)9-12)22(27,28)29/h3-9H,10-11H2,1-2H3,(H,30,33). The van der Waals surface area contributed by atoms with E-state index in [0.717, 1.165) is 49.6 Å². The third-order valence-corrected chi connectivity index (χ3v) is 5.58. The largest absolute Gasteiger partial charge is 0.468 e. The Balaban J connectivity index is 1.83. The van der Waals surface area contributed by atoms with Crippen molar-refractivity contribution < 1.29 is 40.7 Å². The minimum Gasteiger partial charge on any atom is -0.468 e. The number of esters is 1. The lowest BCUT2D eigenvalue weighted by Crippen LogP contribution is -2.41. The van der Waals surface area contributed by atoms with Crippen LogP contribution in [0.15, 0.2) is 47.6 Å². The third kappa shape index (κ3) is 5.69. The summed E-state index contributed by atoms with van der Waals surface area (Å²) in [6.45, 7) is 0.913. The fourth-order valence-corrected chi connectivity index (χ4v) is 3.87. The highest BCUT2D eigenvalue weighted by molar-refractivity contribution is 6.32. The van der Waals surface area contributed by atoms with Crippen molar-refractivity contribution in [3.8, 4) is 0 Å². The number of benzene rings is 2. The summed E-state index contributed by atoms with van der Waals surface area (Å²) in [5, 5.41) is 7.28. The van der Waals surface area contributed by atoms with Crippen molar-refractivity contribution in [2.75, 3.05) is 25.5 Å². The fourth-order valence-electron chi connectivity index (χ4n) is 3.58. The number of rotatable bonds is 5. The van der Waals surface area contributed by atoms with Crippen LogP contribution in [0.2, 0.25) is 5.02 Å². The number of methoxy groups -OCH3 is 1. The van der Waals surface area contributed by atoms with E-state index in [1.54, 1.807) is 0 Å². The van der Waals surface area contributed by atoms with Gasteiger partial charge in [-0.2, -0.15) is 31.4 Å². The monoisotopic (exact) mass is 521 g/mol. The van der Waals surface area contributed by atoms with Gasteiger partial charge in [0.25, 0.3) is 0 Å². The maximum absolute atomic E-state index is 13.1. The molecular formula is C22H18ClF6N3O3. The number of ether oxygens (including phenoxy) is 1. The van der Waals surface area contributed by atoms with E-state index in [0.29, 0.717) is 0 Å². The molecule has 1 N–H and O–H groups in total. The van der Waals surface area contributed by atoms with Crippen molar-refractivity contribution >= 4 is 34.9 Å². The van der Waals surface area contributed by atoms with Crippen LogP contribution in [0.25, 0.3) is 0 Å². The first-order chi connectivity index (χ1) is 16.1. The average Bonchev–Trinajstić information content (AvgIpc) is 3.08. The molecule has 0 bridgehead atoms. The maximum atomic E-state index is 13.1. The number of nitrogens with zero attached hydrogens (tertiary/aromatic N) is 2. The number of hydrogen-bond acceptors (Lipinski definition) is 5. The summed E-state index contributed by atoms with van der Waals surface area (Å²) in [5.74, 6) is -1.38. The molecule has 35 heavy (non-hydrogen) atoms. The van der Waals surface area contributed by atoms with E-state index in [9.17, 15) is 35.9 Å². The summed E-state index contributed by atoms with van der Waals surface area (Å²) in [6.07, 6.45) is -9.20. The number of nitrogens with one attached hydrogen (secondary N) is 1. The molecule has 1 aliphatic heterocycles. The number of carbonyl (C=O) groups excluding carboxylic acids is 2. The molecule has 1 aliphatic rings. The highest BCUT2D eigenvalue weighted by Gasteiger charge is 2.47. The van der Waals surface area contributed by atoms with Crippen LogP contribution in [0, 0.1) is 5.41 Å². The lowest BCUT2D eigenvalue weighted by atomic mass is 9.82. The second-order valence-corrected chi connectivity index (χ2v) is 8.32. The molecule has 6 nitrogen and oxygen atoms in total. The Bertz CT molecular complexity index is 1160. The molecule has 0 radical (unpaired) electrons. The topological polar surface area (TPSA) is 71.0 Å². The first kappa shape index (κ1) is 26.3. The zero-order chi connectivity index (χ0) is 26.2. The van der Waals surface area contributed by atoms with Crippen molar-refractivity contribution in [1.29, 1.82) is 0 Å². The predicted octanol–water partition coefficient (Wildman–Crippen LogP) is 5.22. The van der Waals surface area contributed by atoms with Crippen molar-refractivity contribution in [3.05, 3.63) is 64.2 Å². The molecule has 1 heterocycles. The van der Waals surface area contributed by atoms with Crippen LogP contribution in [0.5, 0.6) is 0 Å². The summed E-state index contributed by atoms with van der Waals surface area (Å²) < 4.78 is 82.1. The Morgan fingerprint density at radius 2 is 1.71 bits per heavy atom. The third-order valence-electron chi connectivity index (χ3n) is 5.27. The lowest BCUT2D eigenvalue weighted by molar-refractivity contribution is -0.148. The zero-order valence-electron chi connectivity index (χ0n) is 18.2. The van der Waals surface area contributed by atoms with Gasteiger partial charge in [0.1, 0.15) is 12.0 Å². The Hall–Kier alpha value is -3.28. The predicted molar refractivity (Wildman–Crippen MR) is 115 cm³/mol. The first-order valence-electron chi connectivity index (χ1n) is 9.92. The van der Waals surface area contributed by atoms with Crippen molar-refractivity contribution in [2.24, 2.45) is 10.5 Å². The van der Waals surface area contributed by atoms with Crippen LogP contribution in [-0.4, -0.2) is 42.8 Å². The van der Waals surface area contributed by atoms with E-state index in [1.807, 2.05) is 0 Å². The van der Waals surface area contributed by atoms with Gasteiger partial charge in [0, 0.05) is 11.3 Å². The Morgan fingerprint density at radius 3 is 2.23 bits per heavy atom. The minimum absolute atomic E-state index is 0.0438. The summed E-state index contributed by atoms with van der Waals surface area (Å²) in [6, 6.07) is 6.69. The molecule has 0 aliphatic carbocycles.